The Bertz CT molecular complexity index is 1050. The molecule has 1 heterocycles. The van der Waals surface area contributed by atoms with Gasteiger partial charge in [-0.3, -0.25) is 9.69 Å². The van der Waals surface area contributed by atoms with E-state index >= 15 is 0 Å². The van der Waals surface area contributed by atoms with Crippen LogP contribution >= 0.6 is 11.6 Å². The summed E-state index contributed by atoms with van der Waals surface area (Å²) in [6.07, 6.45) is 1.54. The molecular formula is C25H26ClFN2O2. The van der Waals surface area contributed by atoms with Gasteiger partial charge in [-0.2, -0.15) is 0 Å². The van der Waals surface area contributed by atoms with E-state index in [9.17, 15) is 9.18 Å². The lowest BCUT2D eigenvalue weighted by molar-refractivity contribution is -0.126. The van der Waals surface area contributed by atoms with Gasteiger partial charge in [0.2, 0.25) is 5.91 Å². The lowest BCUT2D eigenvalue weighted by Crippen LogP contribution is -2.41. The van der Waals surface area contributed by atoms with Gasteiger partial charge in [0.25, 0.3) is 0 Å². The molecule has 3 aromatic carbocycles. The Labute approximate surface area is 187 Å². The number of nitrogens with one attached hydrogen (secondary N) is 1. The van der Waals surface area contributed by atoms with Gasteiger partial charge in [0.05, 0.1) is 6.54 Å². The van der Waals surface area contributed by atoms with Crippen LogP contribution in [0.25, 0.3) is 10.8 Å². The molecule has 0 aromatic heterocycles. The molecule has 0 bridgehead atoms. The van der Waals surface area contributed by atoms with E-state index in [0.717, 1.165) is 42.5 Å². The minimum Gasteiger partial charge on any atom is -0.491 e. The number of carbonyl (C=O) groups is 1. The van der Waals surface area contributed by atoms with Crippen LogP contribution in [0.15, 0.2) is 60.7 Å². The summed E-state index contributed by atoms with van der Waals surface area (Å²) in [5, 5.41) is 5.60. The van der Waals surface area contributed by atoms with Crippen molar-refractivity contribution in [3.05, 3.63) is 77.1 Å². The maximum atomic E-state index is 14.0. The van der Waals surface area contributed by atoms with Gasteiger partial charge in [0.15, 0.2) is 0 Å². The second-order valence-electron chi connectivity index (χ2n) is 7.90. The first-order valence-corrected chi connectivity index (χ1v) is 11.0. The highest BCUT2D eigenvalue weighted by atomic mass is 35.5. The number of benzene rings is 3. The van der Waals surface area contributed by atoms with Gasteiger partial charge >= 0.3 is 0 Å². The fourth-order valence-electron chi connectivity index (χ4n) is 4.05. The molecule has 4 rings (SSSR count). The normalized spacial score (nSPS) is 15.2. The van der Waals surface area contributed by atoms with Crippen LogP contribution in [0.2, 0.25) is 5.02 Å². The van der Waals surface area contributed by atoms with Gasteiger partial charge in [-0.05, 0) is 49.5 Å². The molecule has 1 amide bonds. The molecule has 31 heavy (non-hydrogen) atoms. The SMILES string of the molecule is O=C(NCCOc1cccc2ccccc12)C1CCN(Cc2ccc(Cl)cc2F)CC1. The lowest BCUT2D eigenvalue weighted by Gasteiger charge is -2.31. The summed E-state index contributed by atoms with van der Waals surface area (Å²) in [5.41, 5.74) is 0.637. The van der Waals surface area contributed by atoms with Crippen molar-refractivity contribution >= 4 is 28.3 Å². The summed E-state index contributed by atoms with van der Waals surface area (Å²) < 4.78 is 19.9. The zero-order valence-electron chi connectivity index (χ0n) is 17.3. The smallest absolute Gasteiger partial charge is 0.223 e. The van der Waals surface area contributed by atoms with Gasteiger partial charge in [-0.25, -0.2) is 4.39 Å². The Balaban J connectivity index is 1.20. The predicted octanol–water partition coefficient (Wildman–Crippen LogP) is 5.04. The summed E-state index contributed by atoms with van der Waals surface area (Å²) in [7, 11) is 0. The number of likely N-dealkylation sites (tertiary alicyclic amines) is 1. The largest absolute Gasteiger partial charge is 0.491 e. The summed E-state index contributed by atoms with van der Waals surface area (Å²) in [6.45, 7) is 2.97. The van der Waals surface area contributed by atoms with Crippen LogP contribution in [-0.4, -0.2) is 37.0 Å². The van der Waals surface area contributed by atoms with Gasteiger partial charge in [0, 0.05) is 28.4 Å². The number of ether oxygens (including phenoxy) is 1. The van der Waals surface area contributed by atoms with Crippen LogP contribution in [-0.2, 0) is 11.3 Å². The molecule has 3 aromatic rings. The van der Waals surface area contributed by atoms with Crippen LogP contribution in [0.1, 0.15) is 18.4 Å². The number of hydrogen-bond donors (Lipinski definition) is 1. The number of carbonyl (C=O) groups excluding carboxylic acids is 1. The third-order valence-electron chi connectivity index (χ3n) is 5.78. The molecule has 0 spiro atoms. The first-order chi connectivity index (χ1) is 15.1. The van der Waals surface area contributed by atoms with Crippen molar-refractivity contribution in [2.24, 2.45) is 5.92 Å². The second-order valence-corrected chi connectivity index (χ2v) is 8.34. The van der Waals surface area contributed by atoms with Crippen molar-refractivity contribution in [3.63, 3.8) is 0 Å². The molecule has 0 unspecified atom stereocenters. The topological polar surface area (TPSA) is 41.6 Å². The van der Waals surface area contributed by atoms with Gasteiger partial charge in [-0.1, -0.05) is 54.1 Å². The third kappa shape index (κ3) is 5.54. The average Bonchev–Trinajstić information content (AvgIpc) is 2.79. The Morgan fingerprint density at radius 2 is 1.87 bits per heavy atom. The maximum Gasteiger partial charge on any atom is 0.223 e. The summed E-state index contributed by atoms with van der Waals surface area (Å²) in [5.74, 6) is 0.608. The standard InChI is InChI=1S/C25H26ClFN2O2/c26-21-9-8-20(23(27)16-21)17-29-13-10-19(11-14-29)25(30)28-12-15-31-24-7-3-5-18-4-1-2-6-22(18)24/h1-9,16,19H,10-15,17H2,(H,28,30). The molecule has 6 heteroatoms. The van der Waals surface area contributed by atoms with Crippen molar-refractivity contribution in [3.8, 4) is 5.75 Å². The minimum atomic E-state index is -0.279. The highest BCUT2D eigenvalue weighted by molar-refractivity contribution is 6.30. The molecule has 1 aliphatic heterocycles. The Hall–Kier alpha value is -2.63. The van der Waals surface area contributed by atoms with Crippen molar-refractivity contribution < 1.29 is 13.9 Å². The van der Waals surface area contributed by atoms with E-state index in [0.29, 0.717) is 30.3 Å². The first kappa shape index (κ1) is 21.6. The molecule has 0 aliphatic carbocycles. The van der Waals surface area contributed by atoms with Gasteiger partial charge in [-0.15, -0.1) is 0 Å². The quantitative estimate of drug-likeness (QED) is 0.523. The van der Waals surface area contributed by atoms with E-state index in [4.69, 9.17) is 16.3 Å². The van der Waals surface area contributed by atoms with Crippen molar-refractivity contribution in [1.82, 2.24) is 10.2 Å². The van der Waals surface area contributed by atoms with E-state index < -0.39 is 0 Å². The Morgan fingerprint density at radius 3 is 2.68 bits per heavy atom. The molecule has 1 fully saturated rings. The van der Waals surface area contributed by atoms with Gasteiger partial charge in [0.1, 0.15) is 18.2 Å². The Morgan fingerprint density at radius 1 is 1.10 bits per heavy atom. The monoisotopic (exact) mass is 440 g/mol. The number of piperidine rings is 1. The lowest BCUT2D eigenvalue weighted by atomic mass is 9.95. The predicted molar refractivity (Wildman–Crippen MR) is 122 cm³/mol. The number of halogens is 2. The van der Waals surface area contributed by atoms with Crippen LogP contribution < -0.4 is 10.1 Å². The zero-order chi connectivity index (χ0) is 21.6. The van der Waals surface area contributed by atoms with Crippen LogP contribution in [0.4, 0.5) is 4.39 Å². The highest BCUT2D eigenvalue weighted by Gasteiger charge is 2.25. The molecule has 1 N–H and O–H groups in total. The fraction of sp³-hybridized carbons (Fsp3) is 0.320. The number of fused-ring (bicyclic) bond motifs is 1. The number of nitrogens with zero attached hydrogens (tertiary/aromatic N) is 1. The van der Waals surface area contributed by atoms with E-state index in [-0.39, 0.29) is 17.6 Å². The molecule has 1 aliphatic rings. The van der Waals surface area contributed by atoms with E-state index in [1.807, 2.05) is 30.3 Å². The van der Waals surface area contributed by atoms with Gasteiger partial charge < -0.3 is 10.1 Å². The molecule has 162 valence electrons. The van der Waals surface area contributed by atoms with Crippen molar-refractivity contribution in [2.45, 2.75) is 19.4 Å². The minimum absolute atomic E-state index is 0.0103. The van der Waals surface area contributed by atoms with Crippen molar-refractivity contribution in [1.29, 1.82) is 0 Å². The second kappa shape index (κ2) is 10.1. The number of hydrogen-bond acceptors (Lipinski definition) is 3. The summed E-state index contributed by atoms with van der Waals surface area (Å²) >= 11 is 5.82. The molecule has 4 nitrogen and oxygen atoms in total. The number of rotatable bonds is 7. The Kier molecular flexibility index (Phi) is 7.05. The molecule has 1 saturated heterocycles. The zero-order valence-corrected chi connectivity index (χ0v) is 18.1. The summed E-state index contributed by atoms with van der Waals surface area (Å²) in [6, 6.07) is 18.8. The molecular weight excluding hydrogens is 415 g/mol. The van der Waals surface area contributed by atoms with Crippen LogP contribution in [0.5, 0.6) is 5.75 Å². The van der Waals surface area contributed by atoms with E-state index in [1.165, 1.54) is 6.07 Å². The van der Waals surface area contributed by atoms with E-state index in [2.05, 4.69) is 22.3 Å². The number of amides is 1. The molecule has 0 radical (unpaired) electrons. The van der Waals surface area contributed by atoms with Crippen LogP contribution in [0.3, 0.4) is 0 Å². The third-order valence-corrected chi connectivity index (χ3v) is 6.01. The molecule has 0 saturated carbocycles. The average molecular weight is 441 g/mol. The van der Waals surface area contributed by atoms with Crippen LogP contribution in [0, 0.1) is 11.7 Å². The molecule has 0 atom stereocenters. The van der Waals surface area contributed by atoms with Crippen molar-refractivity contribution in [2.75, 3.05) is 26.2 Å². The first-order valence-electron chi connectivity index (χ1n) is 10.6. The van der Waals surface area contributed by atoms with E-state index in [1.54, 1.807) is 12.1 Å². The fourth-order valence-corrected chi connectivity index (χ4v) is 4.20. The maximum absolute atomic E-state index is 14.0. The summed E-state index contributed by atoms with van der Waals surface area (Å²) in [4.78, 5) is 14.7. The highest BCUT2D eigenvalue weighted by Crippen LogP contribution is 2.25.